The molecule has 0 aliphatic carbocycles. The van der Waals surface area contributed by atoms with Crippen molar-refractivity contribution in [3.8, 4) is 0 Å². The standard InChI is InChI=1S/C29H30F2N6O4S/c1-2-20-3-5-21(6-4-20)13-25-27(39)37(28(40)42-25)15-26(38)35-11-9-34(10-12-35)16-29(41,17-36-19-32-18-33-36)23-8-7-22(30)14-24(23)31/h3-8,13-14,18-19,41H,2,9-12,15-17H2,1H3/b25-13-. The minimum absolute atomic E-state index is 0.00936. The van der Waals surface area contributed by atoms with Gasteiger partial charge in [0.25, 0.3) is 11.1 Å². The minimum Gasteiger partial charge on any atom is -0.382 e. The maximum Gasteiger partial charge on any atom is 0.294 e. The van der Waals surface area contributed by atoms with E-state index in [2.05, 4.69) is 10.1 Å². The number of thioether (sulfide) groups is 1. The van der Waals surface area contributed by atoms with E-state index in [0.29, 0.717) is 13.1 Å². The van der Waals surface area contributed by atoms with E-state index in [-0.39, 0.29) is 49.1 Å². The highest BCUT2D eigenvalue weighted by molar-refractivity contribution is 8.18. The second-order valence-corrected chi connectivity index (χ2v) is 11.3. The lowest BCUT2D eigenvalue weighted by Gasteiger charge is -2.40. The van der Waals surface area contributed by atoms with Gasteiger partial charge in [-0.1, -0.05) is 37.3 Å². The fraction of sp³-hybridized carbons (Fsp3) is 0.345. The molecule has 10 nitrogen and oxygen atoms in total. The third-order valence-corrected chi connectivity index (χ3v) is 8.29. The lowest BCUT2D eigenvalue weighted by molar-refractivity contribution is -0.137. The van der Waals surface area contributed by atoms with Gasteiger partial charge in [-0.15, -0.1) is 0 Å². The van der Waals surface area contributed by atoms with Gasteiger partial charge in [-0.05, 0) is 41.5 Å². The molecule has 42 heavy (non-hydrogen) atoms. The molecule has 1 N–H and O–H groups in total. The van der Waals surface area contributed by atoms with Crippen molar-refractivity contribution in [3.63, 3.8) is 0 Å². The largest absolute Gasteiger partial charge is 0.382 e. The predicted octanol–water partition coefficient (Wildman–Crippen LogP) is 2.89. The summed E-state index contributed by atoms with van der Waals surface area (Å²) in [6.07, 6.45) is 5.23. The van der Waals surface area contributed by atoms with Crippen LogP contribution in [-0.4, -0.2) is 90.9 Å². The third-order valence-electron chi connectivity index (χ3n) is 7.39. The molecule has 220 valence electrons. The topological polar surface area (TPSA) is 112 Å². The number of rotatable bonds is 9. The summed E-state index contributed by atoms with van der Waals surface area (Å²) in [7, 11) is 0. The molecule has 2 fully saturated rings. The molecule has 5 rings (SSSR count). The summed E-state index contributed by atoms with van der Waals surface area (Å²) in [4.78, 5) is 47.1. The molecule has 0 bridgehead atoms. The Morgan fingerprint density at radius 3 is 2.45 bits per heavy atom. The van der Waals surface area contributed by atoms with E-state index in [1.807, 2.05) is 36.1 Å². The second-order valence-electron chi connectivity index (χ2n) is 10.3. The first-order valence-electron chi connectivity index (χ1n) is 13.5. The van der Waals surface area contributed by atoms with E-state index < -0.39 is 28.4 Å². The average Bonchev–Trinajstić information content (AvgIpc) is 3.57. The smallest absolute Gasteiger partial charge is 0.294 e. The van der Waals surface area contributed by atoms with E-state index in [9.17, 15) is 28.3 Å². The average molecular weight is 597 g/mol. The zero-order valence-corrected chi connectivity index (χ0v) is 23.8. The molecule has 1 unspecified atom stereocenters. The fourth-order valence-corrected chi connectivity index (χ4v) is 5.91. The monoisotopic (exact) mass is 596 g/mol. The lowest BCUT2D eigenvalue weighted by Crippen LogP contribution is -2.55. The molecule has 3 amide bonds. The Balaban J connectivity index is 1.20. The van der Waals surface area contributed by atoms with Crippen LogP contribution in [0.1, 0.15) is 23.6 Å². The summed E-state index contributed by atoms with van der Waals surface area (Å²) >= 11 is 0.809. The summed E-state index contributed by atoms with van der Waals surface area (Å²) < 4.78 is 29.7. The number of nitrogens with zero attached hydrogens (tertiary/aromatic N) is 6. The summed E-state index contributed by atoms with van der Waals surface area (Å²) in [6.45, 7) is 2.81. The van der Waals surface area contributed by atoms with Crippen molar-refractivity contribution in [3.05, 3.63) is 88.3 Å². The van der Waals surface area contributed by atoms with E-state index in [0.717, 1.165) is 46.3 Å². The zero-order chi connectivity index (χ0) is 29.9. The number of β-amino-alcohol motifs (C(OH)–C–C–N with tert-alkyl or cyclic N) is 1. The number of hydrogen-bond acceptors (Lipinski definition) is 8. The Morgan fingerprint density at radius 2 is 1.81 bits per heavy atom. The highest BCUT2D eigenvalue weighted by atomic mass is 32.2. The Hall–Kier alpha value is -3.94. The summed E-state index contributed by atoms with van der Waals surface area (Å²) in [5.41, 5.74) is 0.118. The van der Waals surface area contributed by atoms with Crippen molar-refractivity contribution < 1.29 is 28.3 Å². The molecule has 2 aliphatic heterocycles. The van der Waals surface area contributed by atoms with E-state index >= 15 is 0 Å². The van der Waals surface area contributed by atoms with Crippen LogP contribution in [-0.2, 0) is 28.2 Å². The second kappa shape index (κ2) is 12.5. The Morgan fingerprint density at radius 1 is 1.07 bits per heavy atom. The molecule has 3 aromatic rings. The van der Waals surface area contributed by atoms with Gasteiger partial charge >= 0.3 is 0 Å². The predicted molar refractivity (Wildman–Crippen MR) is 152 cm³/mol. The summed E-state index contributed by atoms with van der Waals surface area (Å²) in [6, 6.07) is 10.7. The molecule has 0 saturated carbocycles. The number of piperazine rings is 1. The van der Waals surface area contributed by atoms with Crippen LogP contribution in [0.25, 0.3) is 6.08 Å². The number of aryl methyl sites for hydroxylation is 1. The van der Waals surface area contributed by atoms with Gasteiger partial charge in [0.05, 0.1) is 11.4 Å². The van der Waals surface area contributed by atoms with Gasteiger partial charge in [0, 0.05) is 44.4 Å². The molecule has 0 spiro atoms. The minimum atomic E-state index is -1.76. The molecule has 1 atom stereocenters. The fourth-order valence-electron chi connectivity index (χ4n) is 5.07. The number of benzene rings is 2. The molecule has 0 radical (unpaired) electrons. The van der Waals surface area contributed by atoms with Crippen molar-refractivity contribution >= 4 is 34.9 Å². The highest BCUT2D eigenvalue weighted by Crippen LogP contribution is 2.32. The number of amides is 3. The zero-order valence-electron chi connectivity index (χ0n) is 22.9. The SMILES string of the molecule is CCc1ccc(/C=C2\SC(=O)N(CC(=O)N3CCN(CC(O)(Cn4cncn4)c4ccc(F)cc4F)CC3)C2=O)cc1. The first-order chi connectivity index (χ1) is 20.1. The third kappa shape index (κ3) is 6.58. The van der Waals surface area contributed by atoms with Crippen molar-refractivity contribution in [2.24, 2.45) is 0 Å². The van der Waals surface area contributed by atoms with E-state index in [1.54, 1.807) is 11.0 Å². The van der Waals surface area contributed by atoms with Crippen LogP contribution in [0, 0.1) is 11.6 Å². The number of carbonyl (C=O) groups is 3. The molecular formula is C29H30F2N6O4S. The van der Waals surface area contributed by atoms with Crippen molar-refractivity contribution in [2.75, 3.05) is 39.3 Å². The number of hydrogen-bond donors (Lipinski definition) is 1. The number of imide groups is 1. The van der Waals surface area contributed by atoms with Gasteiger partial charge in [-0.3, -0.25) is 24.2 Å². The first kappa shape index (κ1) is 29.5. The summed E-state index contributed by atoms with van der Waals surface area (Å²) in [5, 5.41) is 15.1. The lowest BCUT2D eigenvalue weighted by atomic mass is 9.92. The van der Waals surface area contributed by atoms with Crippen LogP contribution in [0.15, 0.2) is 60.0 Å². The van der Waals surface area contributed by atoms with Gasteiger partial charge in [0.2, 0.25) is 5.91 Å². The van der Waals surface area contributed by atoms with Gasteiger partial charge in [0.15, 0.2) is 0 Å². The van der Waals surface area contributed by atoms with Crippen LogP contribution in [0.2, 0.25) is 0 Å². The van der Waals surface area contributed by atoms with Crippen LogP contribution in [0.3, 0.4) is 0 Å². The molecule has 2 aromatic carbocycles. The maximum absolute atomic E-state index is 14.8. The van der Waals surface area contributed by atoms with E-state index in [4.69, 9.17) is 0 Å². The van der Waals surface area contributed by atoms with Gasteiger partial charge in [-0.2, -0.15) is 5.10 Å². The molecule has 2 saturated heterocycles. The molecular weight excluding hydrogens is 566 g/mol. The van der Waals surface area contributed by atoms with Crippen molar-refractivity contribution in [1.29, 1.82) is 0 Å². The van der Waals surface area contributed by atoms with E-state index in [1.165, 1.54) is 23.4 Å². The number of carbonyl (C=O) groups excluding carboxylic acids is 3. The van der Waals surface area contributed by atoms with Gasteiger partial charge in [0.1, 0.15) is 36.4 Å². The van der Waals surface area contributed by atoms with Gasteiger partial charge < -0.3 is 10.0 Å². The van der Waals surface area contributed by atoms with Crippen LogP contribution in [0.4, 0.5) is 13.6 Å². The molecule has 1 aromatic heterocycles. The molecule has 3 heterocycles. The Bertz CT molecular complexity index is 1490. The molecule has 13 heteroatoms. The maximum atomic E-state index is 14.8. The van der Waals surface area contributed by atoms with Crippen LogP contribution >= 0.6 is 11.8 Å². The van der Waals surface area contributed by atoms with Crippen LogP contribution < -0.4 is 0 Å². The normalized spacial score (nSPS) is 18.6. The quantitative estimate of drug-likeness (QED) is 0.376. The first-order valence-corrected chi connectivity index (χ1v) is 14.3. The van der Waals surface area contributed by atoms with Crippen molar-refractivity contribution in [2.45, 2.75) is 25.5 Å². The summed E-state index contributed by atoms with van der Waals surface area (Å²) in [5.74, 6) is -2.51. The Labute approximate surface area is 245 Å². The number of aromatic nitrogens is 3. The molecule has 2 aliphatic rings. The van der Waals surface area contributed by atoms with Crippen molar-refractivity contribution in [1.82, 2.24) is 29.5 Å². The highest BCUT2D eigenvalue weighted by Gasteiger charge is 2.39. The van der Waals surface area contributed by atoms with Gasteiger partial charge in [-0.25, -0.2) is 18.4 Å². The number of aliphatic hydroxyl groups is 1. The number of halogens is 2. The Kier molecular flexibility index (Phi) is 8.80. The van der Waals surface area contributed by atoms with Crippen LogP contribution in [0.5, 0.6) is 0 Å².